The van der Waals surface area contributed by atoms with Crippen molar-refractivity contribution >= 4 is 46.1 Å². The Labute approximate surface area is 134 Å². The number of halogens is 2. The normalized spacial score (nSPS) is 10.8. The van der Waals surface area contributed by atoms with Crippen molar-refractivity contribution in [3.63, 3.8) is 0 Å². The molecule has 3 aromatic rings. The maximum atomic E-state index is 13.5. The van der Waals surface area contributed by atoms with Crippen LogP contribution in [0.25, 0.3) is 11.1 Å². The van der Waals surface area contributed by atoms with Gasteiger partial charge in [0.2, 0.25) is 5.91 Å². The minimum Gasteiger partial charge on any atom is -0.431 e. The van der Waals surface area contributed by atoms with Crippen LogP contribution < -0.4 is 5.32 Å². The number of fused-ring (bicyclic) bond motifs is 1. The predicted molar refractivity (Wildman–Crippen MR) is 84.8 cm³/mol. The maximum absolute atomic E-state index is 13.5. The summed E-state index contributed by atoms with van der Waals surface area (Å²) in [5, 5.41) is 3.21. The molecule has 0 radical (unpaired) electrons. The number of rotatable bonds is 4. The van der Waals surface area contributed by atoms with Gasteiger partial charge in [-0.1, -0.05) is 35.5 Å². The van der Waals surface area contributed by atoms with Crippen LogP contribution in [0.2, 0.25) is 5.02 Å². The largest absolute Gasteiger partial charge is 0.431 e. The van der Waals surface area contributed by atoms with E-state index in [2.05, 4.69) is 10.3 Å². The molecule has 0 spiro atoms. The first-order valence-electron chi connectivity index (χ1n) is 6.35. The van der Waals surface area contributed by atoms with E-state index in [0.717, 1.165) is 17.3 Å². The molecule has 0 saturated heterocycles. The summed E-state index contributed by atoms with van der Waals surface area (Å²) in [7, 11) is 0. The lowest BCUT2D eigenvalue weighted by atomic mass is 10.3. The molecule has 1 heterocycles. The number of anilines is 1. The van der Waals surface area contributed by atoms with Crippen LogP contribution in [-0.2, 0) is 4.79 Å². The Morgan fingerprint density at radius 3 is 2.95 bits per heavy atom. The molecule has 4 nitrogen and oxygen atoms in total. The minimum absolute atomic E-state index is 0.0515. The molecular formula is C15H10ClFN2O2S. The van der Waals surface area contributed by atoms with E-state index in [0.29, 0.717) is 15.8 Å². The Bertz CT molecular complexity index is 804. The van der Waals surface area contributed by atoms with E-state index in [-0.39, 0.29) is 17.3 Å². The number of carbonyl (C=O) groups excluding carboxylic acids is 1. The molecular weight excluding hydrogens is 327 g/mol. The molecule has 1 N–H and O–H groups in total. The summed E-state index contributed by atoms with van der Waals surface area (Å²) < 4.78 is 19.0. The quantitative estimate of drug-likeness (QED) is 0.720. The molecule has 1 amide bonds. The van der Waals surface area contributed by atoms with Gasteiger partial charge in [-0.3, -0.25) is 4.79 Å². The summed E-state index contributed by atoms with van der Waals surface area (Å²) in [6, 6.07) is 11.3. The number of aromatic nitrogens is 1. The van der Waals surface area contributed by atoms with Crippen LogP contribution >= 0.6 is 23.4 Å². The first-order valence-corrected chi connectivity index (χ1v) is 7.71. The van der Waals surface area contributed by atoms with Crippen LogP contribution in [0.1, 0.15) is 0 Å². The molecule has 0 fully saturated rings. The van der Waals surface area contributed by atoms with E-state index in [1.165, 1.54) is 18.2 Å². The van der Waals surface area contributed by atoms with Crippen molar-refractivity contribution < 1.29 is 13.6 Å². The molecule has 0 aliphatic rings. The van der Waals surface area contributed by atoms with Crippen LogP contribution in [0.4, 0.5) is 10.1 Å². The lowest BCUT2D eigenvalue weighted by molar-refractivity contribution is -0.113. The monoisotopic (exact) mass is 336 g/mol. The molecule has 0 aliphatic carbocycles. The van der Waals surface area contributed by atoms with Gasteiger partial charge in [0.25, 0.3) is 5.22 Å². The van der Waals surface area contributed by atoms with Crippen molar-refractivity contribution in [2.45, 2.75) is 5.22 Å². The van der Waals surface area contributed by atoms with Crippen molar-refractivity contribution in [2.75, 3.05) is 11.1 Å². The fourth-order valence-electron chi connectivity index (χ4n) is 1.82. The number of amides is 1. The highest BCUT2D eigenvalue weighted by atomic mass is 35.5. The lowest BCUT2D eigenvalue weighted by Crippen LogP contribution is -2.15. The third kappa shape index (κ3) is 3.40. The predicted octanol–water partition coefficient (Wildman–Crippen LogP) is 4.35. The number of nitrogens with zero attached hydrogens (tertiary/aromatic N) is 1. The topological polar surface area (TPSA) is 55.1 Å². The Hall–Kier alpha value is -2.05. The molecule has 0 unspecified atom stereocenters. The highest BCUT2D eigenvalue weighted by Crippen LogP contribution is 2.24. The van der Waals surface area contributed by atoms with Crippen LogP contribution in [0.15, 0.2) is 52.1 Å². The molecule has 0 aliphatic heterocycles. The van der Waals surface area contributed by atoms with E-state index >= 15 is 0 Å². The number of benzene rings is 2. The van der Waals surface area contributed by atoms with E-state index in [4.69, 9.17) is 16.0 Å². The smallest absolute Gasteiger partial charge is 0.257 e. The summed E-state index contributed by atoms with van der Waals surface area (Å²) in [5.74, 6) is -0.850. The van der Waals surface area contributed by atoms with E-state index < -0.39 is 5.82 Å². The van der Waals surface area contributed by atoms with Crippen LogP contribution in [-0.4, -0.2) is 16.6 Å². The van der Waals surface area contributed by atoms with Crippen molar-refractivity contribution in [3.05, 3.63) is 53.3 Å². The van der Waals surface area contributed by atoms with Crippen LogP contribution in [0, 0.1) is 5.82 Å². The van der Waals surface area contributed by atoms with Gasteiger partial charge in [0.05, 0.1) is 11.4 Å². The molecule has 0 bridgehead atoms. The summed E-state index contributed by atoms with van der Waals surface area (Å²) in [6.07, 6.45) is 0. The van der Waals surface area contributed by atoms with E-state index in [9.17, 15) is 9.18 Å². The minimum atomic E-state index is -0.537. The molecule has 2 aromatic carbocycles. The second-order valence-electron chi connectivity index (χ2n) is 4.41. The van der Waals surface area contributed by atoms with Crippen LogP contribution in [0.5, 0.6) is 0 Å². The summed E-state index contributed by atoms with van der Waals surface area (Å²) in [6.45, 7) is 0. The number of hydrogen-bond acceptors (Lipinski definition) is 4. The molecule has 0 saturated carbocycles. The van der Waals surface area contributed by atoms with Crippen molar-refractivity contribution in [1.82, 2.24) is 4.98 Å². The highest BCUT2D eigenvalue weighted by Gasteiger charge is 2.11. The fraction of sp³-hybridized carbons (Fsp3) is 0.0667. The average molecular weight is 337 g/mol. The third-order valence-corrected chi connectivity index (χ3v) is 3.87. The van der Waals surface area contributed by atoms with Gasteiger partial charge in [-0.25, -0.2) is 9.37 Å². The SMILES string of the molecule is O=C(CSc1nc2ccccc2o1)Nc1cc(Cl)ccc1F. The molecule has 1 aromatic heterocycles. The zero-order valence-electron chi connectivity index (χ0n) is 11.2. The molecule has 112 valence electrons. The third-order valence-electron chi connectivity index (χ3n) is 2.80. The summed E-state index contributed by atoms with van der Waals surface area (Å²) in [4.78, 5) is 16.1. The Morgan fingerprint density at radius 2 is 2.14 bits per heavy atom. The summed E-state index contributed by atoms with van der Waals surface area (Å²) >= 11 is 6.91. The zero-order valence-corrected chi connectivity index (χ0v) is 12.7. The average Bonchev–Trinajstić information content (AvgIpc) is 2.92. The Morgan fingerprint density at radius 1 is 1.32 bits per heavy atom. The number of thioether (sulfide) groups is 1. The van der Waals surface area contributed by atoms with Gasteiger partial charge >= 0.3 is 0 Å². The molecule has 3 rings (SSSR count). The number of oxazole rings is 1. The highest BCUT2D eigenvalue weighted by molar-refractivity contribution is 7.99. The second kappa shape index (κ2) is 6.37. The second-order valence-corrected chi connectivity index (χ2v) is 5.77. The Balaban J connectivity index is 1.63. The summed E-state index contributed by atoms with van der Waals surface area (Å²) in [5.41, 5.74) is 1.44. The molecule has 22 heavy (non-hydrogen) atoms. The Kier molecular flexibility index (Phi) is 4.31. The van der Waals surface area contributed by atoms with Gasteiger partial charge in [-0.05, 0) is 30.3 Å². The van der Waals surface area contributed by atoms with Gasteiger partial charge in [0, 0.05) is 5.02 Å². The van der Waals surface area contributed by atoms with Crippen LogP contribution in [0.3, 0.4) is 0 Å². The van der Waals surface area contributed by atoms with E-state index in [1.54, 1.807) is 6.07 Å². The van der Waals surface area contributed by atoms with Gasteiger partial charge in [-0.2, -0.15) is 0 Å². The molecule has 7 heteroatoms. The lowest BCUT2D eigenvalue weighted by Gasteiger charge is -2.05. The van der Waals surface area contributed by atoms with E-state index in [1.807, 2.05) is 18.2 Å². The number of para-hydroxylation sites is 2. The number of hydrogen-bond donors (Lipinski definition) is 1. The van der Waals surface area contributed by atoms with Gasteiger partial charge in [-0.15, -0.1) is 0 Å². The standard InChI is InChI=1S/C15H10ClFN2O2S/c16-9-5-6-10(17)12(7-9)18-14(20)8-22-15-19-11-3-1-2-4-13(11)21-15/h1-7H,8H2,(H,18,20). The van der Waals surface area contributed by atoms with Gasteiger partial charge in [0.15, 0.2) is 5.58 Å². The number of nitrogens with one attached hydrogen (secondary N) is 1. The first kappa shape index (κ1) is 14.9. The fourth-order valence-corrected chi connectivity index (χ4v) is 2.63. The zero-order chi connectivity index (χ0) is 15.5. The van der Waals surface area contributed by atoms with Crippen molar-refractivity contribution in [2.24, 2.45) is 0 Å². The molecule has 0 atom stereocenters. The van der Waals surface area contributed by atoms with Crippen molar-refractivity contribution in [3.8, 4) is 0 Å². The maximum Gasteiger partial charge on any atom is 0.257 e. The van der Waals surface area contributed by atoms with Gasteiger partial charge in [0.1, 0.15) is 11.3 Å². The number of carbonyl (C=O) groups is 1. The van der Waals surface area contributed by atoms with Gasteiger partial charge < -0.3 is 9.73 Å². The van der Waals surface area contributed by atoms with Crippen molar-refractivity contribution in [1.29, 1.82) is 0 Å². The first-order chi connectivity index (χ1) is 10.6.